The number of aryl methyl sites for hydroxylation is 2. The maximum atomic E-state index is 6.11. The van der Waals surface area contributed by atoms with E-state index >= 15 is 0 Å². The maximum Gasteiger partial charge on any atom is 0.134 e. The predicted octanol–water partition coefficient (Wildman–Crippen LogP) is 2.81. The largest absolute Gasteiger partial charge is 0.331 e. The van der Waals surface area contributed by atoms with Gasteiger partial charge >= 0.3 is 0 Å². The molecule has 0 atom stereocenters. The third-order valence-corrected chi connectivity index (χ3v) is 2.82. The van der Waals surface area contributed by atoms with E-state index in [4.69, 9.17) is 17.3 Å². The molecule has 1 aromatic heterocycles. The molecule has 0 aliphatic heterocycles. The van der Waals surface area contributed by atoms with Crippen LogP contribution in [0.4, 0.5) is 0 Å². The minimum absolute atomic E-state index is 0.366. The third-order valence-electron chi connectivity index (χ3n) is 2.55. The minimum Gasteiger partial charge on any atom is -0.331 e. The summed E-state index contributed by atoms with van der Waals surface area (Å²) in [5.74, 6) is 0.709. The Bertz CT molecular complexity index is 517. The van der Waals surface area contributed by atoms with Gasteiger partial charge in [-0.25, -0.2) is 4.98 Å². The molecule has 16 heavy (non-hydrogen) atoms. The number of nitrogens with two attached hydrogens (primary N) is 1. The Kier molecular flexibility index (Phi) is 2.99. The number of imidazole rings is 1. The lowest BCUT2D eigenvalue weighted by molar-refractivity contribution is 0.950. The number of hydrogen-bond acceptors (Lipinski definition) is 2. The van der Waals surface area contributed by atoms with E-state index in [0.29, 0.717) is 17.5 Å². The van der Waals surface area contributed by atoms with Gasteiger partial charge in [-0.2, -0.15) is 0 Å². The van der Waals surface area contributed by atoms with Crippen molar-refractivity contribution in [2.75, 3.05) is 0 Å². The first-order valence-electron chi connectivity index (χ1n) is 5.14. The molecule has 2 aromatic rings. The highest BCUT2D eigenvalue weighted by Crippen LogP contribution is 2.28. The zero-order chi connectivity index (χ0) is 11.7. The van der Waals surface area contributed by atoms with E-state index in [2.05, 4.69) is 28.2 Å². The molecule has 0 bridgehead atoms. The number of rotatable bonds is 2. The highest BCUT2D eigenvalue weighted by molar-refractivity contribution is 6.32. The van der Waals surface area contributed by atoms with Crippen LogP contribution in [0.15, 0.2) is 18.2 Å². The Morgan fingerprint density at radius 2 is 2.12 bits per heavy atom. The molecule has 0 aliphatic carbocycles. The molecule has 0 aliphatic rings. The second-order valence-electron chi connectivity index (χ2n) is 3.87. The summed E-state index contributed by atoms with van der Waals surface area (Å²) in [6.07, 6.45) is 0. The normalized spacial score (nSPS) is 10.8. The first-order chi connectivity index (χ1) is 7.61. The van der Waals surface area contributed by atoms with E-state index in [1.165, 1.54) is 5.56 Å². The lowest BCUT2D eigenvalue weighted by Crippen LogP contribution is -1.97. The molecule has 3 nitrogen and oxygen atoms in total. The average Bonchev–Trinajstić information content (AvgIpc) is 2.63. The van der Waals surface area contributed by atoms with Gasteiger partial charge in [-0.3, -0.25) is 0 Å². The minimum atomic E-state index is 0.366. The fourth-order valence-corrected chi connectivity index (χ4v) is 1.92. The summed E-state index contributed by atoms with van der Waals surface area (Å²) in [5.41, 5.74) is 9.71. The fourth-order valence-electron chi connectivity index (χ4n) is 1.66. The van der Waals surface area contributed by atoms with Gasteiger partial charge in [0.25, 0.3) is 0 Å². The van der Waals surface area contributed by atoms with Crippen molar-refractivity contribution in [3.05, 3.63) is 40.3 Å². The Labute approximate surface area is 99.7 Å². The molecule has 0 fully saturated rings. The van der Waals surface area contributed by atoms with Gasteiger partial charge in [0.15, 0.2) is 0 Å². The van der Waals surface area contributed by atoms with Gasteiger partial charge in [0.05, 0.1) is 6.54 Å². The number of nitrogens with zero attached hydrogens (tertiary/aromatic N) is 1. The Hall–Kier alpha value is -1.32. The molecule has 3 N–H and O–H groups in total. The summed E-state index contributed by atoms with van der Waals surface area (Å²) < 4.78 is 0. The molecule has 2 rings (SSSR count). The zero-order valence-electron chi connectivity index (χ0n) is 9.34. The van der Waals surface area contributed by atoms with Crippen molar-refractivity contribution in [2.45, 2.75) is 20.4 Å². The van der Waals surface area contributed by atoms with Gasteiger partial charge in [0.1, 0.15) is 16.7 Å². The molecule has 84 valence electrons. The summed E-state index contributed by atoms with van der Waals surface area (Å²) in [6, 6.07) is 6.22. The molecular weight excluding hydrogens is 222 g/mol. The first kappa shape index (κ1) is 11.2. The molecule has 0 amide bonds. The molecule has 1 heterocycles. The van der Waals surface area contributed by atoms with E-state index in [9.17, 15) is 0 Å². The summed E-state index contributed by atoms with van der Waals surface area (Å²) in [6.45, 7) is 4.46. The number of hydrogen-bond donors (Lipinski definition) is 2. The van der Waals surface area contributed by atoms with E-state index in [1.807, 2.05) is 13.8 Å². The van der Waals surface area contributed by atoms with Crippen molar-refractivity contribution >= 4 is 11.6 Å². The highest BCUT2D eigenvalue weighted by atomic mass is 35.5. The van der Waals surface area contributed by atoms with Gasteiger partial charge in [-0.15, -0.1) is 0 Å². The van der Waals surface area contributed by atoms with Gasteiger partial charge in [-0.1, -0.05) is 29.3 Å². The van der Waals surface area contributed by atoms with Crippen LogP contribution in [0, 0.1) is 13.8 Å². The van der Waals surface area contributed by atoms with Crippen LogP contribution in [-0.2, 0) is 6.54 Å². The van der Waals surface area contributed by atoms with Gasteiger partial charge in [0.2, 0.25) is 0 Å². The van der Waals surface area contributed by atoms with E-state index in [1.54, 1.807) is 0 Å². The lowest BCUT2D eigenvalue weighted by Gasteiger charge is -2.04. The molecule has 0 spiro atoms. The Morgan fingerprint density at radius 3 is 2.75 bits per heavy atom. The predicted molar refractivity (Wildman–Crippen MR) is 66.4 cm³/mol. The second kappa shape index (κ2) is 4.28. The Balaban J connectivity index is 2.57. The Morgan fingerprint density at radius 1 is 1.38 bits per heavy atom. The molecular formula is C12H14ClN3. The number of benzene rings is 1. The molecule has 0 saturated heterocycles. The smallest absolute Gasteiger partial charge is 0.134 e. The first-order valence-corrected chi connectivity index (χ1v) is 5.51. The van der Waals surface area contributed by atoms with Gasteiger partial charge in [-0.05, 0) is 25.5 Å². The summed E-state index contributed by atoms with van der Waals surface area (Å²) in [4.78, 5) is 7.36. The van der Waals surface area contributed by atoms with Crippen LogP contribution < -0.4 is 5.73 Å². The molecule has 4 heteroatoms. The van der Waals surface area contributed by atoms with Crippen LogP contribution in [0.2, 0.25) is 5.15 Å². The van der Waals surface area contributed by atoms with Crippen molar-refractivity contribution in [3.63, 3.8) is 0 Å². The number of H-pyrrole nitrogens is 1. The van der Waals surface area contributed by atoms with Crippen molar-refractivity contribution in [3.8, 4) is 11.3 Å². The fraction of sp³-hybridized carbons (Fsp3) is 0.250. The zero-order valence-corrected chi connectivity index (χ0v) is 10.1. The highest BCUT2D eigenvalue weighted by Gasteiger charge is 2.11. The van der Waals surface area contributed by atoms with Gasteiger partial charge in [0, 0.05) is 5.56 Å². The SMILES string of the molecule is Cc1ccc(C)c(-c2nc(CN)[nH]c2Cl)c1. The number of halogens is 1. The summed E-state index contributed by atoms with van der Waals surface area (Å²) in [5, 5.41) is 0.550. The second-order valence-corrected chi connectivity index (χ2v) is 4.25. The standard InChI is InChI=1S/C12H14ClN3/c1-7-3-4-8(2)9(5-7)11-12(13)16-10(6-14)15-11/h3-5H,6,14H2,1-2H3,(H,15,16). The lowest BCUT2D eigenvalue weighted by atomic mass is 10.0. The quantitative estimate of drug-likeness (QED) is 0.841. The van der Waals surface area contributed by atoms with Crippen LogP contribution in [-0.4, -0.2) is 9.97 Å². The van der Waals surface area contributed by atoms with E-state index < -0.39 is 0 Å². The molecule has 0 saturated carbocycles. The molecule has 1 aromatic carbocycles. The van der Waals surface area contributed by atoms with Crippen LogP contribution in [0.3, 0.4) is 0 Å². The van der Waals surface area contributed by atoms with Crippen molar-refractivity contribution in [2.24, 2.45) is 5.73 Å². The monoisotopic (exact) mass is 235 g/mol. The van der Waals surface area contributed by atoms with E-state index in [0.717, 1.165) is 16.8 Å². The topological polar surface area (TPSA) is 54.7 Å². The maximum absolute atomic E-state index is 6.11. The van der Waals surface area contributed by atoms with E-state index in [-0.39, 0.29) is 0 Å². The van der Waals surface area contributed by atoms with Crippen LogP contribution in [0.5, 0.6) is 0 Å². The van der Waals surface area contributed by atoms with Gasteiger partial charge < -0.3 is 10.7 Å². The number of aromatic nitrogens is 2. The van der Waals surface area contributed by atoms with Crippen molar-refractivity contribution in [1.82, 2.24) is 9.97 Å². The number of aromatic amines is 1. The van der Waals surface area contributed by atoms with Crippen LogP contribution >= 0.6 is 11.6 Å². The van der Waals surface area contributed by atoms with Crippen LogP contribution in [0.1, 0.15) is 17.0 Å². The van der Waals surface area contributed by atoms with Crippen molar-refractivity contribution in [1.29, 1.82) is 0 Å². The molecule has 0 radical (unpaired) electrons. The van der Waals surface area contributed by atoms with Crippen LogP contribution in [0.25, 0.3) is 11.3 Å². The van der Waals surface area contributed by atoms with Crippen molar-refractivity contribution < 1.29 is 0 Å². The number of nitrogens with one attached hydrogen (secondary N) is 1. The average molecular weight is 236 g/mol. The summed E-state index contributed by atoms with van der Waals surface area (Å²) >= 11 is 6.11. The summed E-state index contributed by atoms with van der Waals surface area (Å²) in [7, 11) is 0. The third kappa shape index (κ3) is 1.96. The molecule has 0 unspecified atom stereocenters.